The molecule has 2 heterocycles. The summed E-state index contributed by atoms with van der Waals surface area (Å²) in [5, 5.41) is 8.84. The zero-order valence-corrected chi connectivity index (χ0v) is 12.9. The van der Waals surface area contributed by atoms with Crippen molar-refractivity contribution in [3.63, 3.8) is 0 Å². The van der Waals surface area contributed by atoms with E-state index in [9.17, 15) is 9.59 Å². The molecule has 7 heteroatoms. The Morgan fingerprint density at radius 2 is 2.33 bits per heavy atom. The summed E-state index contributed by atoms with van der Waals surface area (Å²) in [6, 6.07) is 0.0137. The molecular weight excluding hydrogens is 292 g/mol. The monoisotopic (exact) mass is 312 g/mol. The van der Waals surface area contributed by atoms with Crippen LogP contribution in [0, 0.1) is 0 Å². The molecule has 1 aliphatic heterocycles. The first kappa shape index (κ1) is 15.9. The zero-order chi connectivity index (χ0) is 15.2. The summed E-state index contributed by atoms with van der Waals surface area (Å²) in [4.78, 5) is 30.1. The van der Waals surface area contributed by atoms with Crippen LogP contribution < -0.4 is 0 Å². The number of piperidine rings is 1. The zero-order valence-electron chi connectivity index (χ0n) is 12.1. The number of hydrogen-bond donors (Lipinski definition) is 1. The van der Waals surface area contributed by atoms with Gasteiger partial charge in [0.1, 0.15) is 4.88 Å². The van der Waals surface area contributed by atoms with Crippen molar-refractivity contribution in [1.29, 1.82) is 0 Å². The van der Waals surface area contributed by atoms with Crippen LogP contribution in [0.25, 0.3) is 0 Å². The molecule has 1 aliphatic rings. The molecule has 1 atom stereocenters. The molecule has 2 rings (SSSR count). The molecule has 0 aliphatic carbocycles. The lowest BCUT2D eigenvalue weighted by Gasteiger charge is -2.35. The largest absolute Gasteiger partial charge is 0.481 e. The van der Waals surface area contributed by atoms with Crippen molar-refractivity contribution >= 4 is 23.2 Å². The molecule has 1 saturated heterocycles. The number of methoxy groups -OCH3 is 1. The number of likely N-dealkylation sites (tertiary alicyclic amines) is 1. The number of hydrogen-bond acceptors (Lipinski definition) is 5. The van der Waals surface area contributed by atoms with Gasteiger partial charge in [-0.15, -0.1) is 11.3 Å². The third kappa shape index (κ3) is 4.01. The lowest BCUT2D eigenvalue weighted by atomic mass is 9.97. The number of amides is 1. The highest BCUT2D eigenvalue weighted by Crippen LogP contribution is 2.25. The number of aliphatic carboxylic acids is 1. The van der Waals surface area contributed by atoms with Crippen LogP contribution in [0.5, 0.6) is 0 Å². The second-order valence-electron chi connectivity index (χ2n) is 5.14. The highest BCUT2D eigenvalue weighted by molar-refractivity contribution is 7.11. The van der Waals surface area contributed by atoms with E-state index < -0.39 is 5.97 Å². The summed E-state index contributed by atoms with van der Waals surface area (Å²) < 4.78 is 5.07. The van der Waals surface area contributed by atoms with Gasteiger partial charge in [-0.05, 0) is 25.7 Å². The Morgan fingerprint density at radius 1 is 1.52 bits per heavy atom. The first-order chi connectivity index (χ1) is 10.1. The van der Waals surface area contributed by atoms with Gasteiger partial charge >= 0.3 is 5.97 Å². The number of carbonyl (C=O) groups excluding carboxylic acids is 1. The predicted molar refractivity (Wildman–Crippen MR) is 78.4 cm³/mol. The molecule has 0 spiro atoms. The average molecular weight is 312 g/mol. The molecule has 116 valence electrons. The topological polar surface area (TPSA) is 79.7 Å². The summed E-state index contributed by atoms with van der Waals surface area (Å²) >= 11 is 1.32. The Kier molecular flexibility index (Phi) is 5.69. The first-order valence-electron chi connectivity index (χ1n) is 7.07. The van der Waals surface area contributed by atoms with Gasteiger partial charge in [0, 0.05) is 26.1 Å². The van der Waals surface area contributed by atoms with E-state index in [0.717, 1.165) is 19.3 Å². The predicted octanol–water partition coefficient (Wildman–Crippen LogP) is 2.15. The van der Waals surface area contributed by atoms with Crippen molar-refractivity contribution in [2.75, 3.05) is 13.7 Å². The normalized spacial score (nSPS) is 18.7. The number of thiazole rings is 1. The van der Waals surface area contributed by atoms with E-state index in [4.69, 9.17) is 9.84 Å². The third-order valence-corrected chi connectivity index (χ3v) is 4.55. The maximum Gasteiger partial charge on any atom is 0.303 e. The Bertz CT molecular complexity index is 503. The summed E-state index contributed by atoms with van der Waals surface area (Å²) in [5.74, 6) is -0.856. The summed E-state index contributed by atoms with van der Waals surface area (Å²) in [6.07, 6.45) is 3.49. The fourth-order valence-electron chi connectivity index (χ4n) is 2.67. The van der Waals surface area contributed by atoms with Crippen LogP contribution in [0.1, 0.15) is 47.5 Å². The van der Waals surface area contributed by atoms with Crippen LogP contribution in [0.4, 0.5) is 0 Å². The van der Waals surface area contributed by atoms with E-state index in [1.54, 1.807) is 12.6 Å². The number of nitrogens with zero attached hydrogens (tertiary/aromatic N) is 2. The van der Waals surface area contributed by atoms with E-state index in [2.05, 4.69) is 4.98 Å². The van der Waals surface area contributed by atoms with Crippen molar-refractivity contribution in [2.24, 2.45) is 0 Å². The van der Waals surface area contributed by atoms with Gasteiger partial charge in [0.2, 0.25) is 0 Å². The molecule has 6 nitrogen and oxygen atoms in total. The average Bonchev–Trinajstić information content (AvgIpc) is 2.93. The van der Waals surface area contributed by atoms with Crippen molar-refractivity contribution in [2.45, 2.75) is 44.8 Å². The minimum atomic E-state index is -0.814. The van der Waals surface area contributed by atoms with Crippen LogP contribution in [0.3, 0.4) is 0 Å². The molecule has 1 fully saturated rings. The fraction of sp³-hybridized carbons (Fsp3) is 0.643. The van der Waals surface area contributed by atoms with E-state index in [1.165, 1.54) is 11.3 Å². The van der Waals surface area contributed by atoms with Gasteiger partial charge in [-0.25, -0.2) is 4.98 Å². The minimum Gasteiger partial charge on any atom is -0.481 e. The quantitative estimate of drug-likeness (QED) is 0.870. The molecule has 0 bridgehead atoms. The molecule has 0 radical (unpaired) electrons. The van der Waals surface area contributed by atoms with Crippen molar-refractivity contribution in [3.05, 3.63) is 16.1 Å². The SMILES string of the molecule is COCc1ncsc1C(=O)N1CCCCC1CCC(=O)O. The second kappa shape index (κ2) is 7.51. The number of carbonyl (C=O) groups is 2. The Labute approximate surface area is 127 Å². The third-order valence-electron chi connectivity index (χ3n) is 3.70. The van der Waals surface area contributed by atoms with Crippen LogP contribution >= 0.6 is 11.3 Å². The van der Waals surface area contributed by atoms with Gasteiger partial charge in [-0.3, -0.25) is 9.59 Å². The Morgan fingerprint density at radius 3 is 3.05 bits per heavy atom. The highest BCUT2D eigenvalue weighted by atomic mass is 32.1. The summed E-state index contributed by atoms with van der Waals surface area (Å²) in [6.45, 7) is 1.01. The molecule has 1 amide bonds. The lowest BCUT2D eigenvalue weighted by Crippen LogP contribution is -2.44. The number of rotatable bonds is 6. The van der Waals surface area contributed by atoms with Crippen LogP contribution in [-0.2, 0) is 16.1 Å². The molecule has 21 heavy (non-hydrogen) atoms. The first-order valence-corrected chi connectivity index (χ1v) is 7.95. The molecule has 1 unspecified atom stereocenters. The van der Waals surface area contributed by atoms with E-state index in [1.807, 2.05) is 4.90 Å². The number of carboxylic acids is 1. The Balaban J connectivity index is 2.10. The summed E-state index contributed by atoms with van der Waals surface area (Å²) in [7, 11) is 1.57. The molecule has 1 aromatic rings. The summed E-state index contributed by atoms with van der Waals surface area (Å²) in [5.41, 5.74) is 2.31. The minimum absolute atomic E-state index is 0.0137. The van der Waals surface area contributed by atoms with Crippen LogP contribution in [0.15, 0.2) is 5.51 Å². The highest BCUT2D eigenvalue weighted by Gasteiger charge is 2.30. The van der Waals surface area contributed by atoms with Crippen molar-refractivity contribution in [1.82, 2.24) is 9.88 Å². The Hall–Kier alpha value is -1.47. The van der Waals surface area contributed by atoms with E-state index >= 15 is 0 Å². The second-order valence-corrected chi connectivity index (χ2v) is 6.00. The van der Waals surface area contributed by atoms with Gasteiger partial charge in [-0.1, -0.05) is 0 Å². The molecule has 1 N–H and O–H groups in total. The molecular formula is C14H20N2O4S. The van der Waals surface area contributed by atoms with Gasteiger partial charge < -0.3 is 14.7 Å². The fourth-order valence-corrected chi connectivity index (χ4v) is 3.42. The molecule has 1 aromatic heterocycles. The van der Waals surface area contributed by atoms with E-state index in [0.29, 0.717) is 30.1 Å². The smallest absolute Gasteiger partial charge is 0.303 e. The number of ether oxygens (including phenoxy) is 1. The standard InChI is InChI=1S/C14H20N2O4S/c1-20-8-11-13(21-9-15-11)14(19)16-7-3-2-4-10(16)5-6-12(17)18/h9-10H,2-8H2,1H3,(H,17,18). The molecule has 0 saturated carbocycles. The van der Waals surface area contributed by atoms with Gasteiger partial charge in [0.25, 0.3) is 5.91 Å². The number of aromatic nitrogens is 1. The van der Waals surface area contributed by atoms with E-state index in [-0.39, 0.29) is 18.4 Å². The van der Waals surface area contributed by atoms with Crippen molar-refractivity contribution < 1.29 is 19.4 Å². The van der Waals surface area contributed by atoms with Gasteiger partial charge in [0.15, 0.2) is 0 Å². The maximum atomic E-state index is 12.7. The lowest BCUT2D eigenvalue weighted by molar-refractivity contribution is -0.137. The van der Waals surface area contributed by atoms with Gasteiger partial charge in [-0.2, -0.15) is 0 Å². The van der Waals surface area contributed by atoms with Crippen molar-refractivity contribution in [3.8, 4) is 0 Å². The molecule has 0 aromatic carbocycles. The van der Waals surface area contributed by atoms with Crippen LogP contribution in [-0.4, -0.2) is 46.6 Å². The van der Waals surface area contributed by atoms with Gasteiger partial charge in [0.05, 0.1) is 17.8 Å². The van der Waals surface area contributed by atoms with Crippen LogP contribution in [0.2, 0.25) is 0 Å². The number of carboxylic acid groups (broad SMARTS) is 1. The maximum absolute atomic E-state index is 12.7.